The highest BCUT2D eigenvalue weighted by atomic mass is 16.3. The number of hydrogen-bond acceptors (Lipinski definition) is 6. The van der Waals surface area contributed by atoms with Gasteiger partial charge in [-0.25, -0.2) is 9.78 Å². The van der Waals surface area contributed by atoms with Crippen molar-refractivity contribution in [2.24, 2.45) is 0 Å². The number of benzene rings is 2. The highest BCUT2D eigenvalue weighted by molar-refractivity contribution is 5.84. The minimum Gasteiger partial charge on any atom is -0.395 e. The summed E-state index contributed by atoms with van der Waals surface area (Å²) in [7, 11) is 0. The Balaban J connectivity index is 0.00000141. The minimum atomic E-state index is -0.684. The van der Waals surface area contributed by atoms with Crippen molar-refractivity contribution in [1.29, 1.82) is 0 Å². The van der Waals surface area contributed by atoms with E-state index in [2.05, 4.69) is 32.4 Å². The third-order valence-electron chi connectivity index (χ3n) is 5.07. The van der Waals surface area contributed by atoms with Crippen molar-refractivity contribution in [2.45, 2.75) is 40.2 Å². The molecule has 0 aliphatic carbocycles. The van der Waals surface area contributed by atoms with Gasteiger partial charge in [0.15, 0.2) is 11.5 Å². The lowest BCUT2D eigenvalue weighted by molar-refractivity contribution is 0.311. The van der Waals surface area contributed by atoms with E-state index >= 15 is 0 Å². The zero-order valence-corrected chi connectivity index (χ0v) is 18.7. The number of hydrogen-bond donors (Lipinski definition) is 3. The molecule has 0 spiro atoms. The van der Waals surface area contributed by atoms with E-state index in [0.29, 0.717) is 18.6 Å². The van der Waals surface area contributed by atoms with Gasteiger partial charge in [0.1, 0.15) is 0 Å². The van der Waals surface area contributed by atoms with Crippen molar-refractivity contribution in [2.75, 3.05) is 18.5 Å². The van der Waals surface area contributed by atoms with Gasteiger partial charge >= 0.3 is 5.69 Å². The van der Waals surface area contributed by atoms with Crippen LogP contribution in [0.25, 0.3) is 22.6 Å². The number of anilines is 1. The lowest BCUT2D eigenvalue weighted by Gasteiger charge is -2.18. The molecule has 0 saturated carbocycles. The van der Waals surface area contributed by atoms with Crippen LogP contribution in [-0.4, -0.2) is 37.8 Å². The number of aromatic nitrogens is 4. The van der Waals surface area contributed by atoms with E-state index in [-0.39, 0.29) is 18.1 Å². The molecule has 0 unspecified atom stereocenters. The van der Waals surface area contributed by atoms with E-state index in [0.717, 1.165) is 29.6 Å². The monoisotopic (exact) mass is 435 g/mol. The molecule has 0 bridgehead atoms. The second kappa shape index (κ2) is 10.7. The zero-order valence-electron chi connectivity index (χ0n) is 18.7. The Hall–Kier alpha value is -3.52. The number of aliphatic hydroxyl groups excluding tert-OH is 1. The first-order chi connectivity index (χ1) is 15.6. The van der Waals surface area contributed by atoms with Crippen LogP contribution in [0.4, 0.5) is 5.69 Å². The number of nitrogens with zero attached hydrogens (tertiary/aromatic N) is 3. The third kappa shape index (κ3) is 5.03. The Morgan fingerprint density at radius 1 is 1.09 bits per heavy atom. The standard InChI is InChI=1S/C22H23N5O3.C2H6/c1-14-12-17-18(13-16(14)23-9-11-28)27(10-5-8-15-6-3-2-4-7-15)20-19(24-17)21(29)26-22(30)25-20;1-2/h2-4,6-7,12-13,23,28H,5,8-11H2,1H3,(H,26,29,30);1-2H3. The van der Waals surface area contributed by atoms with E-state index in [9.17, 15) is 9.59 Å². The summed E-state index contributed by atoms with van der Waals surface area (Å²) < 4.78 is 1.89. The van der Waals surface area contributed by atoms with Crippen LogP contribution in [0.3, 0.4) is 0 Å². The average Bonchev–Trinajstić information content (AvgIpc) is 2.80. The van der Waals surface area contributed by atoms with Crippen molar-refractivity contribution in [3.8, 4) is 11.5 Å². The molecule has 2 aromatic rings. The van der Waals surface area contributed by atoms with Crippen LogP contribution in [-0.2, 0) is 13.0 Å². The molecule has 8 nitrogen and oxygen atoms in total. The van der Waals surface area contributed by atoms with E-state index in [4.69, 9.17) is 5.11 Å². The topological polar surface area (TPSA) is 113 Å². The van der Waals surface area contributed by atoms with Crippen LogP contribution >= 0.6 is 0 Å². The van der Waals surface area contributed by atoms with Crippen molar-refractivity contribution >= 4 is 16.7 Å². The lowest BCUT2D eigenvalue weighted by Crippen LogP contribution is -2.29. The quantitative estimate of drug-likeness (QED) is 0.385. The van der Waals surface area contributed by atoms with Crippen molar-refractivity contribution in [3.63, 3.8) is 0 Å². The van der Waals surface area contributed by atoms with Crippen molar-refractivity contribution in [3.05, 3.63) is 74.4 Å². The largest absolute Gasteiger partial charge is 0.395 e. The molecule has 168 valence electrons. The number of aliphatic hydroxyl groups is 1. The first kappa shape index (κ1) is 23.1. The lowest BCUT2D eigenvalue weighted by atomic mass is 10.1. The highest BCUT2D eigenvalue weighted by Crippen LogP contribution is 2.27. The second-order valence-electron chi connectivity index (χ2n) is 7.20. The van der Waals surface area contributed by atoms with E-state index < -0.39 is 11.2 Å². The average molecular weight is 436 g/mol. The summed E-state index contributed by atoms with van der Waals surface area (Å²) in [5, 5.41) is 12.3. The number of fused-ring (bicyclic) bond motifs is 2. The molecule has 0 saturated heterocycles. The summed E-state index contributed by atoms with van der Waals surface area (Å²) in [6.07, 6.45) is 1.66. The smallest absolute Gasteiger partial charge is 0.349 e. The predicted molar refractivity (Wildman–Crippen MR) is 127 cm³/mol. The summed E-state index contributed by atoms with van der Waals surface area (Å²) in [6, 6.07) is 14.0. The minimum absolute atomic E-state index is 0.0149. The van der Waals surface area contributed by atoms with Crippen LogP contribution in [0.2, 0.25) is 0 Å². The van der Waals surface area contributed by atoms with Gasteiger partial charge in [-0.1, -0.05) is 44.2 Å². The number of rotatable bonds is 7. The summed E-state index contributed by atoms with van der Waals surface area (Å²) in [6.45, 7) is 6.95. The maximum atomic E-state index is 12.4. The first-order valence-electron chi connectivity index (χ1n) is 10.9. The fourth-order valence-electron chi connectivity index (χ4n) is 3.64. The molecule has 0 atom stereocenters. The number of H-pyrrole nitrogens is 1. The van der Waals surface area contributed by atoms with E-state index in [1.807, 2.05) is 55.7 Å². The Labute approximate surface area is 186 Å². The summed E-state index contributed by atoms with van der Waals surface area (Å²) >= 11 is 0. The van der Waals surface area contributed by atoms with Gasteiger partial charge in [-0.2, -0.15) is 4.98 Å². The highest BCUT2D eigenvalue weighted by Gasteiger charge is 2.19. The molecule has 0 fully saturated rings. The third-order valence-corrected chi connectivity index (χ3v) is 5.07. The first-order valence-corrected chi connectivity index (χ1v) is 10.9. The summed E-state index contributed by atoms with van der Waals surface area (Å²) in [4.78, 5) is 35.0. The van der Waals surface area contributed by atoms with Crippen LogP contribution < -0.4 is 16.6 Å². The van der Waals surface area contributed by atoms with E-state index in [1.54, 1.807) is 0 Å². The molecule has 3 N–H and O–H groups in total. The molecule has 4 rings (SSSR count). The SMILES string of the molecule is CC.Cc1cc2nc3c(=O)[nH]c(=O)nc-3n(CCCc3ccccc3)c2cc1NCCO. The maximum absolute atomic E-state index is 12.4. The molecule has 8 heteroatoms. The molecule has 32 heavy (non-hydrogen) atoms. The van der Waals surface area contributed by atoms with Crippen molar-refractivity contribution in [1.82, 2.24) is 19.5 Å². The Kier molecular flexibility index (Phi) is 7.72. The Morgan fingerprint density at radius 3 is 2.56 bits per heavy atom. The van der Waals surface area contributed by atoms with Crippen molar-refractivity contribution < 1.29 is 5.11 Å². The maximum Gasteiger partial charge on any atom is 0.349 e. The van der Waals surface area contributed by atoms with Gasteiger partial charge in [-0.3, -0.25) is 9.78 Å². The molecule has 2 heterocycles. The normalized spacial score (nSPS) is 10.8. The number of aromatic amines is 1. The molecular formula is C24H29N5O3. The van der Waals surface area contributed by atoms with Gasteiger partial charge in [0.05, 0.1) is 17.6 Å². The van der Waals surface area contributed by atoms with E-state index in [1.165, 1.54) is 5.56 Å². The van der Waals surface area contributed by atoms with Gasteiger partial charge in [-0.05, 0) is 43.0 Å². The fraction of sp³-hybridized carbons (Fsp3) is 0.333. The number of aryl methyl sites for hydroxylation is 3. The van der Waals surface area contributed by atoms with Gasteiger partial charge < -0.3 is 15.0 Å². The van der Waals surface area contributed by atoms with Gasteiger partial charge in [-0.15, -0.1) is 0 Å². The molecular weight excluding hydrogens is 406 g/mol. The Bertz CT molecular complexity index is 1260. The predicted octanol–water partition coefficient (Wildman–Crippen LogP) is 2.96. The summed E-state index contributed by atoms with van der Waals surface area (Å²) in [5.74, 6) is 0.279. The Morgan fingerprint density at radius 2 is 1.84 bits per heavy atom. The van der Waals surface area contributed by atoms with Gasteiger partial charge in [0.2, 0.25) is 0 Å². The zero-order chi connectivity index (χ0) is 23.1. The molecule has 2 aromatic carbocycles. The number of nitrogens with one attached hydrogen (secondary N) is 2. The molecule has 0 aromatic heterocycles. The van der Waals surface area contributed by atoms with Crippen LogP contribution in [0.1, 0.15) is 31.4 Å². The summed E-state index contributed by atoms with van der Waals surface area (Å²) in [5.41, 5.74) is 3.39. The molecule has 2 aliphatic rings. The van der Waals surface area contributed by atoms with Crippen LogP contribution in [0.15, 0.2) is 52.1 Å². The fourth-order valence-corrected chi connectivity index (χ4v) is 3.64. The van der Waals surface area contributed by atoms with Crippen LogP contribution in [0.5, 0.6) is 0 Å². The molecule has 0 radical (unpaired) electrons. The van der Waals surface area contributed by atoms with Gasteiger partial charge in [0, 0.05) is 18.8 Å². The van der Waals surface area contributed by atoms with Gasteiger partial charge in [0.25, 0.3) is 5.56 Å². The molecule has 2 aliphatic heterocycles. The second-order valence-corrected chi connectivity index (χ2v) is 7.20. The van der Waals surface area contributed by atoms with Crippen LogP contribution in [0, 0.1) is 6.92 Å². The molecule has 0 amide bonds.